The van der Waals surface area contributed by atoms with Gasteiger partial charge in [0.25, 0.3) is 5.91 Å². The zero-order chi connectivity index (χ0) is 17.7. The second kappa shape index (κ2) is 5.67. The number of thiazole rings is 1. The lowest BCUT2D eigenvalue weighted by molar-refractivity contribution is -0.136. The predicted molar refractivity (Wildman–Crippen MR) is 96.9 cm³/mol. The van der Waals surface area contributed by atoms with Crippen molar-refractivity contribution in [1.29, 1.82) is 0 Å². The number of nitrogens with zero attached hydrogens (tertiary/aromatic N) is 2. The number of carboxylic acid groups (broad SMARTS) is 1. The Morgan fingerprint density at radius 1 is 1.32 bits per heavy atom. The summed E-state index contributed by atoms with van der Waals surface area (Å²) in [7, 11) is 1.80. The van der Waals surface area contributed by atoms with Crippen molar-refractivity contribution in [1.82, 2.24) is 9.88 Å². The van der Waals surface area contributed by atoms with Crippen LogP contribution < -0.4 is 0 Å². The molecular weight excluding hydrogens is 336 g/mol. The molecule has 1 aromatic heterocycles. The summed E-state index contributed by atoms with van der Waals surface area (Å²) in [5.41, 5.74) is 5.39. The van der Waals surface area contributed by atoms with Crippen LogP contribution in [0.25, 0.3) is 20.8 Å². The van der Waals surface area contributed by atoms with Crippen LogP contribution in [0.3, 0.4) is 0 Å². The molecule has 5 nitrogen and oxygen atoms in total. The van der Waals surface area contributed by atoms with Crippen LogP contribution in [0, 0.1) is 6.92 Å². The summed E-state index contributed by atoms with van der Waals surface area (Å²) in [6.07, 6.45) is 0.0162. The first-order valence-corrected chi connectivity index (χ1v) is 8.74. The van der Waals surface area contributed by atoms with Gasteiger partial charge in [-0.05, 0) is 47.9 Å². The van der Waals surface area contributed by atoms with Crippen molar-refractivity contribution < 1.29 is 14.7 Å². The van der Waals surface area contributed by atoms with Gasteiger partial charge in [0.2, 0.25) is 0 Å². The van der Waals surface area contributed by atoms with Gasteiger partial charge < -0.3 is 10.0 Å². The number of aryl methyl sites for hydroxylation is 1. The summed E-state index contributed by atoms with van der Waals surface area (Å²) in [5, 5.41) is 9.92. The molecular formula is C19H16N2O3S. The number of benzene rings is 2. The molecule has 0 radical (unpaired) electrons. The highest BCUT2D eigenvalue weighted by Gasteiger charge is 2.24. The van der Waals surface area contributed by atoms with Gasteiger partial charge >= 0.3 is 5.97 Å². The van der Waals surface area contributed by atoms with E-state index in [4.69, 9.17) is 10.1 Å². The van der Waals surface area contributed by atoms with Crippen molar-refractivity contribution in [3.05, 3.63) is 52.6 Å². The van der Waals surface area contributed by atoms with E-state index in [1.165, 1.54) is 0 Å². The van der Waals surface area contributed by atoms with Crippen molar-refractivity contribution in [3.8, 4) is 10.6 Å². The van der Waals surface area contributed by atoms with Gasteiger partial charge in [0.05, 0.1) is 16.6 Å². The largest absolute Gasteiger partial charge is 0.481 e. The number of rotatable bonds is 3. The number of amides is 1. The SMILES string of the molecule is Cc1cc2nc(-c3ccc4c(c3)CN(C)C4=O)sc2cc1CC(=O)O. The van der Waals surface area contributed by atoms with E-state index in [-0.39, 0.29) is 12.3 Å². The summed E-state index contributed by atoms with van der Waals surface area (Å²) >= 11 is 1.54. The van der Waals surface area contributed by atoms with E-state index in [1.54, 1.807) is 23.3 Å². The molecule has 0 fully saturated rings. The lowest BCUT2D eigenvalue weighted by Crippen LogP contribution is -2.17. The van der Waals surface area contributed by atoms with Crippen molar-refractivity contribution in [2.45, 2.75) is 19.9 Å². The van der Waals surface area contributed by atoms with Crippen LogP contribution in [0.5, 0.6) is 0 Å². The Morgan fingerprint density at radius 3 is 2.88 bits per heavy atom. The summed E-state index contributed by atoms with van der Waals surface area (Å²) in [6.45, 7) is 2.53. The Balaban J connectivity index is 1.77. The molecule has 0 spiro atoms. The van der Waals surface area contributed by atoms with Gasteiger partial charge in [-0.15, -0.1) is 11.3 Å². The van der Waals surface area contributed by atoms with Crippen LogP contribution in [0.1, 0.15) is 27.0 Å². The molecule has 1 amide bonds. The molecule has 0 unspecified atom stereocenters. The highest BCUT2D eigenvalue weighted by molar-refractivity contribution is 7.21. The summed E-state index contributed by atoms with van der Waals surface area (Å²) in [6, 6.07) is 9.69. The Kier molecular flexibility index (Phi) is 3.58. The third-order valence-electron chi connectivity index (χ3n) is 4.52. The maximum atomic E-state index is 12.0. The number of hydrogen-bond donors (Lipinski definition) is 1. The fourth-order valence-corrected chi connectivity index (χ4v) is 4.20. The molecule has 0 atom stereocenters. The molecule has 0 aliphatic carbocycles. The predicted octanol–water partition coefficient (Wildman–Crippen LogP) is 3.48. The zero-order valence-corrected chi connectivity index (χ0v) is 14.7. The molecule has 0 saturated carbocycles. The Bertz CT molecular complexity index is 1040. The van der Waals surface area contributed by atoms with Crippen LogP contribution in [-0.2, 0) is 17.8 Å². The van der Waals surface area contributed by atoms with Crippen molar-refractivity contribution in [2.75, 3.05) is 7.05 Å². The first-order chi connectivity index (χ1) is 11.9. The van der Waals surface area contributed by atoms with Gasteiger partial charge in [0.1, 0.15) is 5.01 Å². The van der Waals surface area contributed by atoms with E-state index in [0.717, 1.165) is 43.0 Å². The molecule has 0 bridgehead atoms. The number of aromatic nitrogens is 1. The highest BCUT2D eigenvalue weighted by atomic mass is 32.1. The van der Waals surface area contributed by atoms with E-state index in [9.17, 15) is 9.59 Å². The smallest absolute Gasteiger partial charge is 0.307 e. The quantitative estimate of drug-likeness (QED) is 0.783. The molecule has 0 saturated heterocycles. The van der Waals surface area contributed by atoms with E-state index in [0.29, 0.717) is 6.54 Å². The first-order valence-electron chi connectivity index (χ1n) is 7.93. The molecule has 126 valence electrons. The third-order valence-corrected chi connectivity index (χ3v) is 5.59. The van der Waals surface area contributed by atoms with Gasteiger partial charge in [-0.25, -0.2) is 4.98 Å². The Hall–Kier alpha value is -2.73. The number of carbonyl (C=O) groups is 2. The molecule has 1 aliphatic heterocycles. The lowest BCUT2D eigenvalue weighted by Gasteiger charge is -2.04. The monoisotopic (exact) mass is 352 g/mol. The van der Waals surface area contributed by atoms with Gasteiger partial charge in [0.15, 0.2) is 0 Å². The summed E-state index contributed by atoms with van der Waals surface area (Å²) in [5.74, 6) is -0.778. The van der Waals surface area contributed by atoms with Crippen molar-refractivity contribution in [3.63, 3.8) is 0 Å². The van der Waals surface area contributed by atoms with E-state index in [1.807, 2.05) is 37.3 Å². The average Bonchev–Trinajstić information content (AvgIpc) is 3.08. The molecule has 1 aliphatic rings. The van der Waals surface area contributed by atoms with Crippen LogP contribution >= 0.6 is 11.3 Å². The van der Waals surface area contributed by atoms with Gasteiger partial charge in [-0.3, -0.25) is 9.59 Å². The van der Waals surface area contributed by atoms with Crippen LogP contribution in [-0.4, -0.2) is 33.9 Å². The van der Waals surface area contributed by atoms with Gasteiger partial charge in [-0.1, -0.05) is 6.07 Å². The minimum absolute atomic E-state index is 0.0162. The number of hydrogen-bond acceptors (Lipinski definition) is 4. The van der Waals surface area contributed by atoms with E-state index >= 15 is 0 Å². The molecule has 1 N–H and O–H groups in total. The molecule has 3 aromatic rings. The number of fused-ring (bicyclic) bond motifs is 2. The second-order valence-corrected chi connectivity index (χ2v) is 7.40. The van der Waals surface area contributed by atoms with Crippen molar-refractivity contribution in [2.24, 2.45) is 0 Å². The molecule has 4 rings (SSSR count). The van der Waals surface area contributed by atoms with Crippen LogP contribution in [0.4, 0.5) is 0 Å². The lowest BCUT2D eigenvalue weighted by atomic mass is 10.1. The Morgan fingerprint density at radius 2 is 2.12 bits per heavy atom. The molecule has 2 heterocycles. The van der Waals surface area contributed by atoms with Crippen molar-refractivity contribution >= 4 is 33.4 Å². The molecule has 6 heteroatoms. The minimum atomic E-state index is -0.834. The normalized spacial score (nSPS) is 13.5. The highest BCUT2D eigenvalue weighted by Crippen LogP contribution is 2.34. The zero-order valence-electron chi connectivity index (χ0n) is 13.9. The van der Waals surface area contributed by atoms with Gasteiger partial charge in [-0.2, -0.15) is 0 Å². The number of aliphatic carboxylic acids is 1. The van der Waals surface area contributed by atoms with Crippen LogP contribution in [0.2, 0.25) is 0 Å². The maximum Gasteiger partial charge on any atom is 0.307 e. The summed E-state index contributed by atoms with van der Waals surface area (Å²) < 4.78 is 0.977. The molecule has 25 heavy (non-hydrogen) atoms. The fourth-order valence-electron chi connectivity index (χ4n) is 3.20. The molecule has 2 aromatic carbocycles. The average molecular weight is 352 g/mol. The van der Waals surface area contributed by atoms with E-state index in [2.05, 4.69) is 0 Å². The van der Waals surface area contributed by atoms with E-state index < -0.39 is 5.97 Å². The second-order valence-electron chi connectivity index (χ2n) is 6.37. The maximum absolute atomic E-state index is 12.0. The van der Waals surface area contributed by atoms with Crippen LogP contribution in [0.15, 0.2) is 30.3 Å². The standard InChI is InChI=1S/C19H16N2O3S/c1-10-5-15-16(7-12(10)8-17(22)23)25-18(20-15)11-3-4-14-13(6-11)9-21(2)19(14)24/h3-7H,8-9H2,1-2H3,(H,22,23). The Labute approximate surface area is 148 Å². The first kappa shape index (κ1) is 15.8. The third kappa shape index (κ3) is 2.68. The fraction of sp³-hybridized carbons (Fsp3) is 0.211. The topological polar surface area (TPSA) is 70.5 Å². The summed E-state index contributed by atoms with van der Waals surface area (Å²) in [4.78, 5) is 29.4. The number of carbonyl (C=O) groups excluding carboxylic acids is 1. The minimum Gasteiger partial charge on any atom is -0.481 e. The van der Waals surface area contributed by atoms with Gasteiger partial charge in [0, 0.05) is 24.7 Å². The number of carboxylic acids is 1.